The number of nitrogens with zero attached hydrogens (tertiary/aromatic N) is 2. The smallest absolute Gasteiger partial charge is 0.349 e. The summed E-state index contributed by atoms with van der Waals surface area (Å²) in [4.78, 5) is 17.3. The van der Waals surface area contributed by atoms with Gasteiger partial charge in [-0.15, -0.1) is 0 Å². The van der Waals surface area contributed by atoms with E-state index >= 15 is 0 Å². The van der Waals surface area contributed by atoms with Gasteiger partial charge in [-0.3, -0.25) is 4.98 Å². The van der Waals surface area contributed by atoms with E-state index in [4.69, 9.17) is 9.84 Å². The summed E-state index contributed by atoms with van der Waals surface area (Å²) in [6, 6.07) is 3.22. The highest BCUT2D eigenvalue weighted by Crippen LogP contribution is 2.18. The fourth-order valence-electron chi connectivity index (χ4n) is 1.26. The highest BCUT2D eigenvalue weighted by atomic mass is 32.2. The van der Waals surface area contributed by atoms with Crippen molar-refractivity contribution in [3.05, 3.63) is 35.6 Å². The van der Waals surface area contributed by atoms with Crippen LogP contribution in [0.3, 0.4) is 0 Å². The van der Waals surface area contributed by atoms with Crippen molar-refractivity contribution in [1.82, 2.24) is 4.98 Å². The summed E-state index contributed by atoms with van der Waals surface area (Å²) in [5.74, 6) is -1.16. The number of aliphatic imine (C=N–C) groups is 1. The summed E-state index contributed by atoms with van der Waals surface area (Å²) in [6.07, 6.45) is 3.76. The Balaban J connectivity index is 2.08. The Morgan fingerprint density at radius 3 is 2.78 bits per heavy atom. The Morgan fingerprint density at radius 1 is 1.44 bits per heavy atom. The molecule has 94 valence electrons. The molecule has 8 heteroatoms. The molecule has 1 aromatic rings. The second-order valence-electron chi connectivity index (χ2n) is 3.30. The molecule has 0 aliphatic carbocycles. The third kappa shape index (κ3) is 2.23. The SMILES string of the molecule is O=C(O)C1=CN=C(COc2cccnc2)S1(=O)=O. The van der Waals surface area contributed by atoms with Gasteiger partial charge in [-0.25, -0.2) is 18.2 Å². The van der Waals surface area contributed by atoms with Crippen LogP contribution < -0.4 is 4.74 Å². The van der Waals surface area contributed by atoms with Crippen molar-refractivity contribution in [2.75, 3.05) is 6.61 Å². The van der Waals surface area contributed by atoms with Gasteiger partial charge in [0.05, 0.1) is 12.4 Å². The zero-order valence-corrected chi connectivity index (χ0v) is 9.79. The largest absolute Gasteiger partial charge is 0.485 e. The Hall–Kier alpha value is -2.22. The van der Waals surface area contributed by atoms with E-state index in [1.165, 1.54) is 6.20 Å². The van der Waals surface area contributed by atoms with Gasteiger partial charge in [-0.2, -0.15) is 0 Å². The molecule has 0 unspecified atom stereocenters. The van der Waals surface area contributed by atoms with Crippen LogP contribution in [-0.4, -0.2) is 36.1 Å². The molecule has 0 radical (unpaired) electrons. The fraction of sp³-hybridized carbons (Fsp3) is 0.100. The number of carboxylic acids is 1. The van der Waals surface area contributed by atoms with Crippen LogP contribution in [0.15, 0.2) is 40.6 Å². The van der Waals surface area contributed by atoms with Crippen LogP contribution in [0.4, 0.5) is 0 Å². The maximum absolute atomic E-state index is 11.7. The van der Waals surface area contributed by atoms with Crippen LogP contribution in [0.1, 0.15) is 0 Å². The second kappa shape index (κ2) is 4.57. The maximum Gasteiger partial charge on any atom is 0.349 e. The molecule has 0 atom stereocenters. The number of hydrogen-bond donors (Lipinski definition) is 1. The number of ether oxygens (including phenoxy) is 1. The molecule has 1 N–H and O–H groups in total. The molecule has 1 aliphatic rings. The van der Waals surface area contributed by atoms with Crippen LogP contribution in [0.2, 0.25) is 0 Å². The minimum absolute atomic E-state index is 0.330. The Labute approximate surface area is 102 Å². The quantitative estimate of drug-likeness (QED) is 0.836. The van der Waals surface area contributed by atoms with Gasteiger partial charge >= 0.3 is 5.97 Å². The first-order chi connectivity index (χ1) is 8.51. The first-order valence-electron chi connectivity index (χ1n) is 4.80. The average molecular weight is 268 g/mol. The lowest BCUT2D eigenvalue weighted by Crippen LogP contribution is -2.23. The molecule has 0 amide bonds. The standard InChI is InChI=1S/C10H8N2O5S/c13-10(14)8-5-12-9(18(8,15)16)6-17-7-2-1-3-11-4-7/h1-5H,6H2,(H,13,14). The predicted octanol–water partition coefficient (Wildman–Crippen LogP) is 0.213. The lowest BCUT2D eigenvalue weighted by molar-refractivity contribution is -0.131. The summed E-state index contributed by atoms with van der Waals surface area (Å²) in [6.45, 7) is -0.332. The number of aliphatic carboxylic acids is 1. The molecule has 0 spiro atoms. The molecular formula is C10H8N2O5S. The minimum Gasteiger partial charge on any atom is -0.485 e. The molecule has 0 saturated heterocycles. The zero-order valence-electron chi connectivity index (χ0n) is 8.98. The lowest BCUT2D eigenvalue weighted by atomic mass is 10.5. The van der Waals surface area contributed by atoms with E-state index < -0.39 is 20.7 Å². The van der Waals surface area contributed by atoms with Crippen molar-refractivity contribution in [2.45, 2.75) is 0 Å². The minimum atomic E-state index is -4.03. The fourth-order valence-corrected chi connectivity index (χ4v) is 2.34. The van der Waals surface area contributed by atoms with Crippen LogP contribution in [-0.2, 0) is 14.6 Å². The number of sulfone groups is 1. The molecule has 2 rings (SSSR count). The van der Waals surface area contributed by atoms with Crippen LogP contribution in [0.5, 0.6) is 5.75 Å². The summed E-state index contributed by atoms with van der Waals surface area (Å²) in [5.41, 5.74) is 0. The summed E-state index contributed by atoms with van der Waals surface area (Å²) < 4.78 is 28.5. The number of aromatic nitrogens is 1. The Kier molecular flexibility index (Phi) is 3.11. The molecule has 0 saturated carbocycles. The summed E-state index contributed by atoms with van der Waals surface area (Å²) in [5, 5.41) is 8.35. The Bertz CT molecular complexity index is 633. The second-order valence-corrected chi connectivity index (χ2v) is 5.22. The number of carbonyl (C=O) groups is 1. The van der Waals surface area contributed by atoms with E-state index in [1.54, 1.807) is 18.3 Å². The average Bonchev–Trinajstić information content (AvgIpc) is 2.63. The predicted molar refractivity (Wildman–Crippen MR) is 61.8 cm³/mol. The van der Waals surface area contributed by atoms with E-state index in [0.29, 0.717) is 5.75 Å². The van der Waals surface area contributed by atoms with Crippen molar-refractivity contribution in [3.63, 3.8) is 0 Å². The van der Waals surface area contributed by atoms with E-state index in [9.17, 15) is 13.2 Å². The van der Waals surface area contributed by atoms with Gasteiger partial charge in [0.2, 0.25) is 9.84 Å². The first kappa shape index (κ1) is 12.2. The van der Waals surface area contributed by atoms with E-state index in [1.807, 2.05) is 0 Å². The van der Waals surface area contributed by atoms with Crippen molar-refractivity contribution in [3.8, 4) is 5.75 Å². The number of hydrogen-bond acceptors (Lipinski definition) is 6. The summed E-state index contributed by atoms with van der Waals surface area (Å²) in [7, 11) is -4.03. The van der Waals surface area contributed by atoms with Crippen molar-refractivity contribution >= 4 is 20.9 Å². The third-order valence-electron chi connectivity index (χ3n) is 2.13. The topological polar surface area (TPSA) is 106 Å². The van der Waals surface area contributed by atoms with Crippen molar-refractivity contribution in [1.29, 1.82) is 0 Å². The number of pyridine rings is 1. The van der Waals surface area contributed by atoms with Gasteiger partial charge in [-0.05, 0) is 12.1 Å². The third-order valence-corrected chi connectivity index (χ3v) is 3.84. The monoisotopic (exact) mass is 268 g/mol. The van der Waals surface area contributed by atoms with Gasteiger partial charge in [0.15, 0.2) is 9.95 Å². The first-order valence-corrected chi connectivity index (χ1v) is 6.28. The van der Waals surface area contributed by atoms with Gasteiger partial charge in [0.1, 0.15) is 12.4 Å². The normalized spacial score (nSPS) is 16.9. The number of rotatable bonds is 4. The molecule has 0 bridgehead atoms. The van der Waals surface area contributed by atoms with Crippen molar-refractivity contribution < 1.29 is 23.1 Å². The van der Waals surface area contributed by atoms with E-state index in [0.717, 1.165) is 6.20 Å². The van der Waals surface area contributed by atoms with Crippen LogP contribution in [0, 0.1) is 0 Å². The molecular weight excluding hydrogens is 260 g/mol. The van der Waals surface area contributed by atoms with Crippen LogP contribution >= 0.6 is 0 Å². The maximum atomic E-state index is 11.7. The molecule has 2 heterocycles. The Morgan fingerprint density at radius 2 is 2.22 bits per heavy atom. The molecule has 1 aromatic heterocycles. The molecule has 0 fully saturated rings. The highest BCUT2D eigenvalue weighted by molar-refractivity contribution is 8.10. The van der Waals surface area contributed by atoms with Crippen molar-refractivity contribution in [2.24, 2.45) is 4.99 Å². The summed E-state index contributed by atoms with van der Waals surface area (Å²) >= 11 is 0. The molecule has 18 heavy (non-hydrogen) atoms. The zero-order chi connectivity index (χ0) is 13.2. The lowest BCUT2D eigenvalue weighted by Gasteiger charge is -2.05. The molecule has 1 aliphatic heterocycles. The van der Waals surface area contributed by atoms with Crippen LogP contribution in [0.25, 0.3) is 0 Å². The highest BCUT2D eigenvalue weighted by Gasteiger charge is 2.34. The van der Waals surface area contributed by atoms with Gasteiger partial charge in [0, 0.05) is 6.20 Å². The van der Waals surface area contributed by atoms with Gasteiger partial charge < -0.3 is 9.84 Å². The van der Waals surface area contributed by atoms with E-state index in [-0.39, 0.29) is 11.7 Å². The molecule has 7 nitrogen and oxygen atoms in total. The van der Waals surface area contributed by atoms with E-state index in [2.05, 4.69) is 9.98 Å². The molecule has 0 aromatic carbocycles. The van der Waals surface area contributed by atoms with Gasteiger partial charge in [0.25, 0.3) is 0 Å². The van der Waals surface area contributed by atoms with Gasteiger partial charge in [-0.1, -0.05) is 0 Å². The number of carboxylic acid groups (broad SMARTS) is 1.